The molecule has 0 aromatic carbocycles. The zero-order valence-corrected chi connectivity index (χ0v) is 51.1. The van der Waals surface area contributed by atoms with Gasteiger partial charge >= 0.3 is 17.9 Å². The summed E-state index contributed by atoms with van der Waals surface area (Å²) < 4.78 is 17.0. The molecule has 0 saturated carbocycles. The molecule has 0 spiro atoms. The average Bonchev–Trinajstić information content (AvgIpc) is 3.41. The minimum atomic E-state index is -0.767. The maximum atomic E-state index is 12.9. The van der Waals surface area contributed by atoms with Crippen LogP contribution in [0.3, 0.4) is 0 Å². The molecule has 6 heteroatoms. The second-order valence-electron chi connectivity index (χ2n) is 23.5. The molecule has 75 heavy (non-hydrogen) atoms. The number of ether oxygens (including phenoxy) is 3. The average molecular weight is 1060 g/mol. The molecule has 1 atom stereocenters. The minimum absolute atomic E-state index is 0.0638. The van der Waals surface area contributed by atoms with Crippen molar-refractivity contribution in [1.82, 2.24) is 0 Å². The predicted molar refractivity (Wildman–Crippen MR) is 326 cm³/mol. The van der Waals surface area contributed by atoms with Gasteiger partial charge in [-0.1, -0.05) is 341 Å². The molecule has 0 aliphatic carbocycles. The first kappa shape index (κ1) is 73.2. The van der Waals surface area contributed by atoms with Gasteiger partial charge in [0.05, 0.1) is 0 Å². The van der Waals surface area contributed by atoms with Crippen LogP contribution in [0.2, 0.25) is 0 Å². The SMILES string of the molecule is CCCCCCCC/C=C\CCCCCCCCCCCC(=O)OC(COC(=O)CCCCCCCCCCCCCCCCC)COC(=O)CCCCCCCCCCCCCCCCCCCCCCCCC. The van der Waals surface area contributed by atoms with Crippen LogP contribution in [0.5, 0.6) is 0 Å². The summed E-state index contributed by atoms with van der Waals surface area (Å²) in [5.74, 6) is -0.831. The van der Waals surface area contributed by atoms with Crippen LogP contribution in [-0.4, -0.2) is 37.2 Å². The smallest absolute Gasteiger partial charge is 0.306 e. The molecule has 0 fully saturated rings. The summed E-state index contributed by atoms with van der Waals surface area (Å²) in [7, 11) is 0. The van der Waals surface area contributed by atoms with E-state index in [1.165, 1.54) is 295 Å². The lowest BCUT2D eigenvalue weighted by Crippen LogP contribution is -2.30. The van der Waals surface area contributed by atoms with Crippen molar-refractivity contribution >= 4 is 17.9 Å². The Morgan fingerprint density at radius 2 is 0.440 bits per heavy atom. The third kappa shape index (κ3) is 62.9. The monoisotopic (exact) mass is 1060 g/mol. The van der Waals surface area contributed by atoms with Gasteiger partial charge < -0.3 is 14.2 Å². The molecule has 0 aromatic rings. The quantitative estimate of drug-likeness (QED) is 0.0261. The van der Waals surface area contributed by atoms with Crippen LogP contribution in [0, 0.1) is 0 Å². The molecule has 444 valence electrons. The summed E-state index contributed by atoms with van der Waals surface area (Å²) in [5.41, 5.74) is 0. The second-order valence-corrected chi connectivity index (χ2v) is 23.5. The molecule has 0 bridgehead atoms. The van der Waals surface area contributed by atoms with Crippen molar-refractivity contribution in [2.75, 3.05) is 13.2 Å². The maximum Gasteiger partial charge on any atom is 0.306 e. The molecule has 0 heterocycles. The van der Waals surface area contributed by atoms with Gasteiger partial charge in [0.15, 0.2) is 6.10 Å². The van der Waals surface area contributed by atoms with E-state index in [1.807, 2.05) is 0 Å². The minimum Gasteiger partial charge on any atom is -0.462 e. The topological polar surface area (TPSA) is 78.9 Å². The molecule has 0 saturated heterocycles. The first-order valence-corrected chi connectivity index (χ1v) is 34.2. The maximum absolute atomic E-state index is 12.9. The van der Waals surface area contributed by atoms with Gasteiger partial charge in [0.2, 0.25) is 0 Å². The highest BCUT2D eigenvalue weighted by Crippen LogP contribution is 2.19. The first-order valence-electron chi connectivity index (χ1n) is 34.2. The first-order chi connectivity index (χ1) is 37.0. The zero-order chi connectivity index (χ0) is 54.3. The van der Waals surface area contributed by atoms with E-state index in [2.05, 4.69) is 32.9 Å². The van der Waals surface area contributed by atoms with Crippen LogP contribution in [0.25, 0.3) is 0 Å². The molecule has 1 unspecified atom stereocenters. The lowest BCUT2D eigenvalue weighted by molar-refractivity contribution is -0.167. The van der Waals surface area contributed by atoms with Crippen molar-refractivity contribution in [1.29, 1.82) is 0 Å². The number of allylic oxidation sites excluding steroid dienone is 2. The molecule has 0 amide bonds. The number of rotatable bonds is 64. The van der Waals surface area contributed by atoms with Gasteiger partial charge in [0, 0.05) is 19.3 Å². The van der Waals surface area contributed by atoms with Gasteiger partial charge in [-0.25, -0.2) is 0 Å². The molecule has 0 aromatic heterocycles. The third-order valence-corrected chi connectivity index (χ3v) is 15.8. The Kier molecular flexibility index (Phi) is 63.1. The largest absolute Gasteiger partial charge is 0.462 e. The van der Waals surface area contributed by atoms with E-state index in [1.54, 1.807) is 0 Å². The molecule has 0 aliphatic heterocycles. The molecule has 0 rings (SSSR count). The number of carbonyl (C=O) groups excluding carboxylic acids is 3. The fourth-order valence-electron chi connectivity index (χ4n) is 10.6. The Balaban J connectivity index is 4.25. The fourth-order valence-corrected chi connectivity index (χ4v) is 10.6. The molecule has 6 nitrogen and oxygen atoms in total. The van der Waals surface area contributed by atoms with Crippen molar-refractivity contribution in [3.8, 4) is 0 Å². The van der Waals surface area contributed by atoms with Crippen LogP contribution < -0.4 is 0 Å². The van der Waals surface area contributed by atoms with Crippen molar-refractivity contribution in [3.05, 3.63) is 12.2 Å². The van der Waals surface area contributed by atoms with E-state index in [9.17, 15) is 14.4 Å². The number of hydrogen-bond donors (Lipinski definition) is 0. The lowest BCUT2D eigenvalue weighted by atomic mass is 10.0. The fraction of sp³-hybridized carbons (Fsp3) is 0.928. The summed E-state index contributed by atoms with van der Waals surface area (Å²) in [6.45, 7) is 6.72. The third-order valence-electron chi connectivity index (χ3n) is 15.8. The number of hydrogen-bond acceptors (Lipinski definition) is 6. The summed E-state index contributed by atoms with van der Waals surface area (Å²) in [4.78, 5) is 38.4. The van der Waals surface area contributed by atoms with Crippen LogP contribution in [0.1, 0.15) is 393 Å². The van der Waals surface area contributed by atoms with Crippen molar-refractivity contribution in [2.45, 2.75) is 399 Å². The van der Waals surface area contributed by atoms with Crippen molar-refractivity contribution < 1.29 is 28.6 Å². The Labute approximate surface area is 469 Å². The van der Waals surface area contributed by atoms with Crippen LogP contribution >= 0.6 is 0 Å². The van der Waals surface area contributed by atoms with E-state index >= 15 is 0 Å². The Morgan fingerprint density at radius 3 is 0.667 bits per heavy atom. The summed E-state index contributed by atoms with van der Waals surface area (Å²) in [5, 5.41) is 0. The van der Waals surface area contributed by atoms with Gasteiger partial charge in [-0.05, 0) is 44.9 Å². The van der Waals surface area contributed by atoms with Crippen LogP contribution in [0.15, 0.2) is 12.2 Å². The van der Waals surface area contributed by atoms with Gasteiger partial charge in [0.25, 0.3) is 0 Å². The highest BCUT2D eigenvalue weighted by molar-refractivity contribution is 5.71. The summed E-state index contributed by atoms with van der Waals surface area (Å²) in [6.07, 6.45) is 76.6. The second kappa shape index (κ2) is 64.7. The van der Waals surface area contributed by atoms with Gasteiger partial charge in [-0.2, -0.15) is 0 Å². The molecule has 0 aliphatic rings. The summed E-state index contributed by atoms with van der Waals surface area (Å²) in [6, 6.07) is 0. The number of carbonyl (C=O) groups is 3. The highest BCUT2D eigenvalue weighted by atomic mass is 16.6. The molecule has 0 N–H and O–H groups in total. The van der Waals surface area contributed by atoms with E-state index in [0.29, 0.717) is 19.3 Å². The molecular formula is C69H132O6. The van der Waals surface area contributed by atoms with E-state index in [4.69, 9.17) is 14.2 Å². The Bertz CT molecular complexity index is 1170. The number of unbranched alkanes of at least 4 members (excludes halogenated alkanes) is 51. The van der Waals surface area contributed by atoms with E-state index in [0.717, 1.165) is 57.8 Å². The lowest BCUT2D eigenvalue weighted by Gasteiger charge is -2.18. The van der Waals surface area contributed by atoms with Gasteiger partial charge in [-0.15, -0.1) is 0 Å². The van der Waals surface area contributed by atoms with Crippen molar-refractivity contribution in [3.63, 3.8) is 0 Å². The van der Waals surface area contributed by atoms with Crippen LogP contribution in [0.4, 0.5) is 0 Å². The van der Waals surface area contributed by atoms with E-state index in [-0.39, 0.29) is 31.1 Å². The van der Waals surface area contributed by atoms with Crippen LogP contribution in [-0.2, 0) is 28.6 Å². The number of esters is 3. The van der Waals surface area contributed by atoms with Gasteiger partial charge in [0.1, 0.15) is 13.2 Å². The predicted octanol–water partition coefficient (Wildman–Crippen LogP) is 23.2. The highest BCUT2D eigenvalue weighted by Gasteiger charge is 2.19. The van der Waals surface area contributed by atoms with Gasteiger partial charge in [-0.3, -0.25) is 14.4 Å². The standard InChI is InChI=1S/C69H132O6/c1-4-7-10-13-16-19-22-25-28-30-32-33-34-35-37-38-41-44-47-50-53-56-59-62-68(71)74-65-66(64-73-67(70)61-58-55-52-49-46-43-40-27-24-21-18-15-12-9-6-3)75-69(72)63-60-57-54-51-48-45-42-39-36-31-29-26-23-20-17-14-11-8-5-2/h26,29,66H,4-25,27-28,30-65H2,1-3H3/b29-26-. The summed E-state index contributed by atoms with van der Waals surface area (Å²) >= 11 is 0. The Hall–Kier alpha value is -1.85. The Morgan fingerprint density at radius 1 is 0.253 bits per heavy atom. The van der Waals surface area contributed by atoms with Crippen molar-refractivity contribution in [2.24, 2.45) is 0 Å². The normalized spacial score (nSPS) is 12.0. The zero-order valence-electron chi connectivity index (χ0n) is 51.1. The molecule has 0 radical (unpaired) electrons. The molecular weight excluding hydrogens is 925 g/mol. The van der Waals surface area contributed by atoms with E-state index < -0.39 is 6.10 Å².